The molecule has 4 heteroatoms. The van der Waals surface area contributed by atoms with E-state index in [1.54, 1.807) is 0 Å². The van der Waals surface area contributed by atoms with Gasteiger partial charge >= 0.3 is 0 Å². The lowest BCUT2D eigenvalue weighted by Crippen LogP contribution is -2.25. The highest BCUT2D eigenvalue weighted by Gasteiger charge is 2.16. The molecule has 1 saturated heterocycles. The standard InChI is InChI=1S/C15H24N4/c1-2-6-12-19(11-5-1)14-9-10-16-15(18-14)17-13-7-3-4-8-13/h9-10,13H,1-8,11-12H2,(H,16,17,18). The topological polar surface area (TPSA) is 41.1 Å². The Balaban J connectivity index is 1.67. The van der Waals surface area contributed by atoms with Gasteiger partial charge in [-0.1, -0.05) is 25.7 Å². The van der Waals surface area contributed by atoms with E-state index in [1.807, 2.05) is 12.3 Å². The molecule has 0 unspecified atom stereocenters. The van der Waals surface area contributed by atoms with Crippen molar-refractivity contribution in [3.8, 4) is 0 Å². The zero-order valence-corrected chi connectivity index (χ0v) is 11.6. The second-order valence-electron chi connectivity index (χ2n) is 5.77. The average Bonchev–Trinajstić information content (AvgIpc) is 2.79. The number of hydrogen-bond acceptors (Lipinski definition) is 4. The van der Waals surface area contributed by atoms with Gasteiger partial charge in [0.15, 0.2) is 0 Å². The fourth-order valence-corrected chi connectivity index (χ4v) is 3.15. The molecule has 3 rings (SSSR count). The highest BCUT2D eigenvalue weighted by molar-refractivity contribution is 5.43. The number of aromatic nitrogens is 2. The van der Waals surface area contributed by atoms with Crippen molar-refractivity contribution < 1.29 is 0 Å². The smallest absolute Gasteiger partial charge is 0.224 e. The van der Waals surface area contributed by atoms with Gasteiger partial charge in [-0.15, -0.1) is 0 Å². The van der Waals surface area contributed by atoms with Gasteiger partial charge in [-0.3, -0.25) is 0 Å². The Morgan fingerprint density at radius 1 is 1.00 bits per heavy atom. The first kappa shape index (κ1) is 12.7. The molecule has 0 radical (unpaired) electrons. The van der Waals surface area contributed by atoms with Crippen LogP contribution in [0.2, 0.25) is 0 Å². The lowest BCUT2D eigenvalue weighted by atomic mass is 10.2. The molecule has 0 atom stereocenters. The first-order chi connectivity index (χ1) is 9.42. The van der Waals surface area contributed by atoms with Crippen molar-refractivity contribution in [3.63, 3.8) is 0 Å². The molecule has 2 fully saturated rings. The molecule has 2 heterocycles. The summed E-state index contributed by atoms with van der Waals surface area (Å²) in [5.74, 6) is 1.91. The predicted octanol–water partition coefficient (Wildman–Crippen LogP) is 3.21. The third kappa shape index (κ3) is 3.37. The van der Waals surface area contributed by atoms with Crippen LogP contribution in [0.5, 0.6) is 0 Å². The second kappa shape index (κ2) is 6.22. The van der Waals surface area contributed by atoms with Crippen LogP contribution in [-0.2, 0) is 0 Å². The fraction of sp³-hybridized carbons (Fsp3) is 0.733. The molecule has 1 saturated carbocycles. The number of anilines is 2. The van der Waals surface area contributed by atoms with E-state index in [9.17, 15) is 0 Å². The zero-order valence-electron chi connectivity index (χ0n) is 11.6. The summed E-state index contributed by atoms with van der Waals surface area (Å²) in [6.45, 7) is 2.28. The Hall–Kier alpha value is -1.32. The highest BCUT2D eigenvalue weighted by Crippen LogP contribution is 2.22. The molecule has 1 aromatic rings. The van der Waals surface area contributed by atoms with Crippen molar-refractivity contribution in [1.29, 1.82) is 0 Å². The molecule has 19 heavy (non-hydrogen) atoms. The molecule has 1 aliphatic carbocycles. The first-order valence-corrected chi connectivity index (χ1v) is 7.76. The van der Waals surface area contributed by atoms with E-state index in [4.69, 9.17) is 4.98 Å². The zero-order chi connectivity index (χ0) is 12.9. The van der Waals surface area contributed by atoms with E-state index in [0.29, 0.717) is 6.04 Å². The predicted molar refractivity (Wildman–Crippen MR) is 78.6 cm³/mol. The van der Waals surface area contributed by atoms with Gasteiger partial charge < -0.3 is 10.2 Å². The first-order valence-electron chi connectivity index (χ1n) is 7.76. The molecule has 1 aromatic heterocycles. The molecular weight excluding hydrogens is 236 g/mol. The Kier molecular flexibility index (Phi) is 4.16. The fourth-order valence-electron chi connectivity index (χ4n) is 3.15. The molecule has 2 aliphatic rings. The van der Waals surface area contributed by atoms with Gasteiger partial charge in [0.05, 0.1) is 0 Å². The number of nitrogens with one attached hydrogen (secondary N) is 1. The number of nitrogens with zero attached hydrogens (tertiary/aromatic N) is 3. The van der Waals surface area contributed by atoms with Gasteiger partial charge in [0, 0.05) is 25.3 Å². The van der Waals surface area contributed by atoms with Crippen molar-refractivity contribution in [2.45, 2.75) is 57.4 Å². The Bertz CT molecular complexity index is 393. The van der Waals surface area contributed by atoms with E-state index >= 15 is 0 Å². The van der Waals surface area contributed by atoms with Crippen LogP contribution >= 0.6 is 0 Å². The minimum Gasteiger partial charge on any atom is -0.356 e. The molecule has 4 nitrogen and oxygen atoms in total. The van der Waals surface area contributed by atoms with E-state index in [1.165, 1.54) is 51.4 Å². The maximum atomic E-state index is 4.71. The summed E-state index contributed by atoms with van der Waals surface area (Å²) >= 11 is 0. The minimum absolute atomic E-state index is 0.583. The van der Waals surface area contributed by atoms with Crippen LogP contribution in [0.1, 0.15) is 51.4 Å². The van der Waals surface area contributed by atoms with Gasteiger partial charge in [-0.05, 0) is 31.7 Å². The van der Waals surface area contributed by atoms with Crippen LogP contribution in [-0.4, -0.2) is 29.1 Å². The largest absolute Gasteiger partial charge is 0.356 e. The lowest BCUT2D eigenvalue weighted by molar-refractivity contribution is 0.726. The molecule has 0 spiro atoms. The van der Waals surface area contributed by atoms with Gasteiger partial charge in [-0.2, -0.15) is 4.98 Å². The summed E-state index contributed by atoms with van der Waals surface area (Å²) in [6.07, 6.45) is 12.4. The van der Waals surface area contributed by atoms with Crippen LogP contribution in [0, 0.1) is 0 Å². The summed E-state index contributed by atoms with van der Waals surface area (Å²) in [5, 5.41) is 3.49. The summed E-state index contributed by atoms with van der Waals surface area (Å²) in [4.78, 5) is 11.5. The molecule has 1 aliphatic heterocycles. The minimum atomic E-state index is 0.583. The summed E-state index contributed by atoms with van der Waals surface area (Å²) in [7, 11) is 0. The van der Waals surface area contributed by atoms with Crippen molar-refractivity contribution in [1.82, 2.24) is 9.97 Å². The lowest BCUT2D eigenvalue weighted by Gasteiger charge is -2.22. The maximum Gasteiger partial charge on any atom is 0.224 e. The Labute approximate surface area is 115 Å². The van der Waals surface area contributed by atoms with Crippen molar-refractivity contribution in [3.05, 3.63) is 12.3 Å². The van der Waals surface area contributed by atoms with Crippen molar-refractivity contribution in [2.24, 2.45) is 0 Å². The van der Waals surface area contributed by atoms with Gasteiger partial charge in [-0.25, -0.2) is 4.98 Å². The maximum absolute atomic E-state index is 4.71. The second-order valence-corrected chi connectivity index (χ2v) is 5.77. The third-order valence-electron chi connectivity index (χ3n) is 4.26. The summed E-state index contributed by atoms with van der Waals surface area (Å²) < 4.78 is 0. The van der Waals surface area contributed by atoms with Gasteiger partial charge in [0.25, 0.3) is 0 Å². The Morgan fingerprint density at radius 2 is 1.74 bits per heavy atom. The highest BCUT2D eigenvalue weighted by atomic mass is 15.2. The van der Waals surface area contributed by atoms with Crippen LogP contribution in [0.15, 0.2) is 12.3 Å². The molecule has 104 valence electrons. The van der Waals surface area contributed by atoms with Crippen LogP contribution < -0.4 is 10.2 Å². The summed E-state index contributed by atoms with van der Waals surface area (Å²) in [5.41, 5.74) is 0. The molecular formula is C15H24N4. The van der Waals surface area contributed by atoms with Gasteiger partial charge in [0.1, 0.15) is 5.82 Å². The van der Waals surface area contributed by atoms with E-state index in [0.717, 1.165) is 24.9 Å². The van der Waals surface area contributed by atoms with Gasteiger partial charge in [0.2, 0.25) is 5.95 Å². The Morgan fingerprint density at radius 3 is 2.47 bits per heavy atom. The molecule has 0 amide bonds. The normalized spacial score (nSPS) is 21.4. The number of rotatable bonds is 3. The quantitative estimate of drug-likeness (QED) is 0.906. The monoisotopic (exact) mass is 260 g/mol. The van der Waals surface area contributed by atoms with Crippen LogP contribution in [0.3, 0.4) is 0 Å². The molecule has 0 bridgehead atoms. The molecule has 1 N–H and O–H groups in total. The SMILES string of the molecule is c1cc(N2CCCCCC2)nc(NC2CCCC2)n1. The van der Waals surface area contributed by atoms with Crippen LogP contribution in [0.4, 0.5) is 11.8 Å². The average molecular weight is 260 g/mol. The van der Waals surface area contributed by atoms with E-state index < -0.39 is 0 Å². The van der Waals surface area contributed by atoms with E-state index in [-0.39, 0.29) is 0 Å². The number of hydrogen-bond donors (Lipinski definition) is 1. The van der Waals surface area contributed by atoms with Crippen LogP contribution in [0.25, 0.3) is 0 Å². The summed E-state index contributed by atoms with van der Waals surface area (Å²) in [6, 6.07) is 2.63. The van der Waals surface area contributed by atoms with Crippen molar-refractivity contribution >= 4 is 11.8 Å². The molecule has 0 aromatic carbocycles. The third-order valence-corrected chi connectivity index (χ3v) is 4.26. The van der Waals surface area contributed by atoms with E-state index in [2.05, 4.69) is 15.2 Å². The van der Waals surface area contributed by atoms with Crippen molar-refractivity contribution in [2.75, 3.05) is 23.3 Å².